The number of aliphatic hydroxyl groups is 1. The van der Waals surface area contributed by atoms with Gasteiger partial charge in [-0.3, -0.25) is 0 Å². The minimum absolute atomic E-state index is 0.357. The molecule has 0 bridgehead atoms. The lowest BCUT2D eigenvalue weighted by Gasteiger charge is -2.37. The highest BCUT2D eigenvalue weighted by Crippen LogP contribution is 2.39. The zero-order chi connectivity index (χ0) is 11.2. The molecule has 2 atom stereocenters. The number of unbranched alkanes of at least 4 members (excludes halogenated alkanes) is 1. The van der Waals surface area contributed by atoms with Crippen molar-refractivity contribution in [3.8, 4) is 0 Å². The zero-order valence-corrected chi connectivity index (χ0v) is 9.94. The van der Waals surface area contributed by atoms with Crippen LogP contribution >= 0.6 is 0 Å². The number of aliphatic hydroxyl groups excluding tert-OH is 1. The van der Waals surface area contributed by atoms with Gasteiger partial charge in [0.1, 0.15) is 0 Å². The second-order valence-corrected chi connectivity index (χ2v) is 5.01. The van der Waals surface area contributed by atoms with E-state index in [1.165, 1.54) is 37.7 Å². The zero-order valence-electron chi connectivity index (χ0n) is 9.94. The summed E-state index contributed by atoms with van der Waals surface area (Å²) in [5.74, 6) is 1.83. The van der Waals surface area contributed by atoms with E-state index >= 15 is 0 Å². The fourth-order valence-corrected chi connectivity index (χ4v) is 2.72. The van der Waals surface area contributed by atoms with Gasteiger partial charge in [-0.1, -0.05) is 43.2 Å². The Morgan fingerprint density at radius 2 is 1.75 bits per heavy atom. The molecule has 0 heterocycles. The van der Waals surface area contributed by atoms with E-state index in [1.54, 1.807) is 0 Å². The summed E-state index contributed by atoms with van der Waals surface area (Å²) in [6.07, 6.45) is 7.56. The standard InChI is InChI=1S/C15H22O/c16-11-5-4-8-14-9-10-15(14)12-13-6-2-1-3-7-13/h1-3,6-7,14-16H,4-5,8-12H2/t14-,15?/m0/s1. The first kappa shape index (κ1) is 11.7. The summed E-state index contributed by atoms with van der Waals surface area (Å²) in [4.78, 5) is 0. The Hall–Kier alpha value is -0.820. The molecule has 1 aromatic carbocycles. The first-order chi connectivity index (χ1) is 7.90. The predicted octanol–water partition coefficient (Wildman–Crippen LogP) is 3.42. The summed E-state index contributed by atoms with van der Waals surface area (Å²) in [6.45, 7) is 0.357. The molecule has 0 amide bonds. The molecule has 0 saturated heterocycles. The number of hydrogen-bond donors (Lipinski definition) is 1. The van der Waals surface area contributed by atoms with Gasteiger partial charge in [-0.15, -0.1) is 0 Å². The maximum atomic E-state index is 8.77. The Kier molecular flexibility index (Phi) is 4.41. The van der Waals surface area contributed by atoms with E-state index in [1.807, 2.05) is 0 Å². The van der Waals surface area contributed by atoms with E-state index in [0.717, 1.165) is 18.3 Å². The van der Waals surface area contributed by atoms with Gasteiger partial charge < -0.3 is 5.11 Å². The third kappa shape index (κ3) is 3.08. The maximum Gasteiger partial charge on any atom is 0.0431 e. The van der Waals surface area contributed by atoms with E-state index in [0.29, 0.717) is 6.61 Å². The maximum absolute atomic E-state index is 8.77. The second kappa shape index (κ2) is 6.05. The van der Waals surface area contributed by atoms with Crippen LogP contribution in [0.15, 0.2) is 30.3 Å². The van der Waals surface area contributed by atoms with E-state index in [-0.39, 0.29) is 0 Å². The van der Waals surface area contributed by atoms with Crippen LogP contribution < -0.4 is 0 Å². The van der Waals surface area contributed by atoms with E-state index < -0.39 is 0 Å². The van der Waals surface area contributed by atoms with Crippen molar-refractivity contribution in [2.24, 2.45) is 11.8 Å². The third-order valence-electron chi connectivity index (χ3n) is 3.90. The molecule has 1 unspecified atom stereocenters. The van der Waals surface area contributed by atoms with Crippen LogP contribution in [0.1, 0.15) is 37.7 Å². The third-order valence-corrected chi connectivity index (χ3v) is 3.90. The first-order valence-corrected chi connectivity index (χ1v) is 6.55. The predicted molar refractivity (Wildman–Crippen MR) is 67.3 cm³/mol. The summed E-state index contributed by atoms with van der Waals surface area (Å²) in [5, 5.41) is 8.77. The van der Waals surface area contributed by atoms with Crippen molar-refractivity contribution in [1.29, 1.82) is 0 Å². The van der Waals surface area contributed by atoms with E-state index in [9.17, 15) is 0 Å². The minimum atomic E-state index is 0.357. The average molecular weight is 218 g/mol. The molecular weight excluding hydrogens is 196 g/mol. The fourth-order valence-electron chi connectivity index (χ4n) is 2.72. The van der Waals surface area contributed by atoms with Crippen LogP contribution in [0.25, 0.3) is 0 Å². The summed E-state index contributed by atoms with van der Waals surface area (Å²) >= 11 is 0. The summed E-state index contributed by atoms with van der Waals surface area (Å²) in [5.41, 5.74) is 1.49. The summed E-state index contributed by atoms with van der Waals surface area (Å²) in [6, 6.07) is 10.8. The van der Waals surface area contributed by atoms with Gasteiger partial charge >= 0.3 is 0 Å². The summed E-state index contributed by atoms with van der Waals surface area (Å²) in [7, 11) is 0. The van der Waals surface area contributed by atoms with E-state index in [4.69, 9.17) is 5.11 Å². The smallest absolute Gasteiger partial charge is 0.0431 e. The highest BCUT2D eigenvalue weighted by molar-refractivity contribution is 5.15. The van der Waals surface area contributed by atoms with Crippen molar-refractivity contribution in [2.75, 3.05) is 6.61 Å². The molecule has 88 valence electrons. The van der Waals surface area contributed by atoms with Crippen LogP contribution in [-0.4, -0.2) is 11.7 Å². The van der Waals surface area contributed by atoms with Crippen molar-refractivity contribution < 1.29 is 5.11 Å². The molecule has 2 rings (SSSR count). The van der Waals surface area contributed by atoms with E-state index in [2.05, 4.69) is 30.3 Å². The molecule has 0 aliphatic heterocycles. The lowest BCUT2D eigenvalue weighted by molar-refractivity contribution is 0.155. The Morgan fingerprint density at radius 3 is 2.38 bits per heavy atom. The average Bonchev–Trinajstić information content (AvgIpc) is 2.32. The molecule has 1 nitrogen and oxygen atoms in total. The lowest BCUT2D eigenvalue weighted by atomic mass is 9.69. The number of rotatable bonds is 6. The van der Waals surface area contributed by atoms with Crippen molar-refractivity contribution in [3.63, 3.8) is 0 Å². The molecule has 1 aliphatic rings. The Balaban J connectivity index is 1.74. The molecule has 1 saturated carbocycles. The van der Waals surface area contributed by atoms with Crippen molar-refractivity contribution >= 4 is 0 Å². The van der Waals surface area contributed by atoms with Crippen LogP contribution in [0.4, 0.5) is 0 Å². The largest absolute Gasteiger partial charge is 0.396 e. The fraction of sp³-hybridized carbons (Fsp3) is 0.600. The Bertz CT molecular complexity index is 294. The molecule has 1 aromatic rings. The molecule has 1 fully saturated rings. The molecule has 0 spiro atoms. The highest BCUT2D eigenvalue weighted by Gasteiger charge is 2.29. The number of hydrogen-bond acceptors (Lipinski definition) is 1. The van der Waals surface area contributed by atoms with Crippen molar-refractivity contribution in [1.82, 2.24) is 0 Å². The minimum Gasteiger partial charge on any atom is -0.396 e. The van der Waals surface area contributed by atoms with Crippen LogP contribution in [0.2, 0.25) is 0 Å². The van der Waals surface area contributed by atoms with Crippen molar-refractivity contribution in [3.05, 3.63) is 35.9 Å². The van der Waals surface area contributed by atoms with Gasteiger partial charge in [0.15, 0.2) is 0 Å². The van der Waals surface area contributed by atoms with Gasteiger partial charge in [-0.2, -0.15) is 0 Å². The molecule has 0 aromatic heterocycles. The molecule has 0 radical (unpaired) electrons. The number of benzene rings is 1. The van der Waals surface area contributed by atoms with Crippen LogP contribution in [0, 0.1) is 11.8 Å². The SMILES string of the molecule is OCCCC[C@H]1CCC1Cc1ccccc1. The topological polar surface area (TPSA) is 20.2 Å². The molecule has 1 N–H and O–H groups in total. The second-order valence-electron chi connectivity index (χ2n) is 5.01. The van der Waals surface area contributed by atoms with Gasteiger partial charge in [-0.25, -0.2) is 0 Å². The van der Waals surface area contributed by atoms with Gasteiger partial charge in [0.2, 0.25) is 0 Å². The normalized spacial score (nSPS) is 24.1. The Morgan fingerprint density at radius 1 is 1.00 bits per heavy atom. The summed E-state index contributed by atoms with van der Waals surface area (Å²) < 4.78 is 0. The monoisotopic (exact) mass is 218 g/mol. The van der Waals surface area contributed by atoms with Gasteiger partial charge in [0, 0.05) is 6.61 Å². The molecule has 16 heavy (non-hydrogen) atoms. The van der Waals surface area contributed by atoms with Crippen LogP contribution in [0.5, 0.6) is 0 Å². The quantitative estimate of drug-likeness (QED) is 0.725. The van der Waals surface area contributed by atoms with Gasteiger partial charge in [-0.05, 0) is 43.1 Å². The van der Waals surface area contributed by atoms with Crippen LogP contribution in [0.3, 0.4) is 0 Å². The van der Waals surface area contributed by atoms with Gasteiger partial charge in [0.25, 0.3) is 0 Å². The first-order valence-electron chi connectivity index (χ1n) is 6.55. The lowest BCUT2D eigenvalue weighted by Crippen LogP contribution is -2.27. The molecular formula is C15H22O. The molecule has 1 heteroatoms. The van der Waals surface area contributed by atoms with Gasteiger partial charge in [0.05, 0.1) is 0 Å². The Labute approximate surface area is 98.5 Å². The van der Waals surface area contributed by atoms with Crippen molar-refractivity contribution in [2.45, 2.75) is 38.5 Å². The highest BCUT2D eigenvalue weighted by atomic mass is 16.2. The molecule has 1 aliphatic carbocycles. The van der Waals surface area contributed by atoms with Crippen LogP contribution in [-0.2, 0) is 6.42 Å².